The molecule has 0 aromatic carbocycles. The fourth-order valence-corrected chi connectivity index (χ4v) is 4.30. The predicted octanol–water partition coefficient (Wildman–Crippen LogP) is -4.76. The Morgan fingerprint density at radius 1 is 1.29 bits per heavy atom. The van der Waals surface area contributed by atoms with Crippen LogP contribution in [0.15, 0.2) is 12.7 Å². The van der Waals surface area contributed by atoms with Crippen LogP contribution in [0.1, 0.15) is 6.23 Å². The standard InChI is InChI=1S/C10H15N5O10P2.Na/c1-22-27(21,25-26(18,19)20)24-10-6(17)5(16)9(23-10)15-3-14-4-7(11)12-2-13-8(4)15;/h2-3,5-6,9-10,16-17H,1H3,(H2,11,12,13)(H2,18,19,20);/q;+1/p-1/t5-,6+,9-,10-,27?;/m1./s1. The van der Waals surface area contributed by atoms with Crippen molar-refractivity contribution in [3.05, 3.63) is 12.7 Å². The van der Waals surface area contributed by atoms with E-state index >= 15 is 0 Å². The molecule has 6 atom stereocenters. The van der Waals surface area contributed by atoms with Gasteiger partial charge in [-0.2, -0.15) is 0 Å². The summed E-state index contributed by atoms with van der Waals surface area (Å²) in [7, 11) is -9.62. The third kappa shape index (κ3) is 4.79. The summed E-state index contributed by atoms with van der Waals surface area (Å²) in [6, 6.07) is 0. The van der Waals surface area contributed by atoms with E-state index in [1.54, 1.807) is 0 Å². The maximum absolute atomic E-state index is 12.1. The first-order valence-corrected chi connectivity index (χ1v) is 10.0. The van der Waals surface area contributed by atoms with Crippen molar-refractivity contribution in [1.82, 2.24) is 19.5 Å². The molecule has 0 aliphatic carbocycles. The van der Waals surface area contributed by atoms with Crippen LogP contribution in [-0.2, 0) is 27.2 Å². The number of aliphatic hydroxyl groups is 2. The van der Waals surface area contributed by atoms with E-state index in [1.807, 2.05) is 0 Å². The van der Waals surface area contributed by atoms with Gasteiger partial charge in [0.25, 0.3) is 7.82 Å². The normalized spacial score (nSPS) is 29.2. The number of imidazole rings is 1. The quantitative estimate of drug-likeness (QED) is 0.240. The van der Waals surface area contributed by atoms with Crippen LogP contribution in [0.2, 0.25) is 0 Å². The third-order valence-corrected chi connectivity index (χ3v) is 6.05. The molecule has 3 heterocycles. The molecule has 0 spiro atoms. The molecule has 1 aliphatic rings. The molecular formula is C10H14N5NaO10P2. The molecule has 18 heteroatoms. The molecule has 2 unspecified atom stereocenters. The van der Waals surface area contributed by atoms with E-state index in [9.17, 15) is 24.2 Å². The van der Waals surface area contributed by atoms with E-state index in [2.05, 4.69) is 23.8 Å². The molecule has 0 amide bonds. The van der Waals surface area contributed by atoms with Crippen molar-refractivity contribution in [2.75, 3.05) is 12.8 Å². The van der Waals surface area contributed by atoms with Gasteiger partial charge in [-0.05, 0) is 0 Å². The zero-order valence-electron chi connectivity index (χ0n) is 14.4. The maximum atomic E-state index is 12.1. The first kappa shape index (κ1) is 23.8. The second-order valence-electron chi connectivity index (χ2n) is 5.24. The number of hydrogen-bond acceptors (Lipinski definition) is 13. The smallest absolute Gasteiger partial charge is 0.756 e. The van der Waals surface area contributed by atoms with E-state index in [4.69, 9.17) is 19.9 Å². The van der Waals surface area contributed by atoms with Gasteiger partial charge in [-0.15, -0.1) is 0 Å². The molecule has 3 rings (SSSR count). The Kier molecular flexibility index (Phi) is 7.38. The monoisotopic (exact) mass is 449 g/mol. The molecule has 1 aliphatic heterocycles. The molecule has 2 aromatic heterocycles. The molecule has 1 fully saturated rings. The molecule has 0 radical (unpaired) electrons. The third-order valence-electron chi connectivity index (χ3n) is 3.52. The second-order valence-corrected chi connectivity index (χ2v) is 8.31. The van der Waals surface area contributed by atoms with Crippen molar-refractivity contribution in [2.45, 2.75) is 24.7 Å². The van der Waals surface area contributed by atoms with E-state index in [0.717, 1.165) is 13.4 Å². The number of fused-ring (bicyclic) bond motifs is 1. The van der Waals surface area contributed by atoms with Crippen LogP contribution in [0.5, 0.6) is 0 Å². The number of aromatic nitrogens is 4. The number of hydrogen-bond donors (Lipinski definition) is 4. The molecule has 0 saturated carbocycles. The van der Waals surface area contributed by atoms with Crippen LogP contribution in [0.3, 0.4) is 0 Å². The van der Waals surface area contributed by atoms with E-state index < -0.39 is 40.4 Å². The van der Waals surface area contributed by atoms with Crippen LogP contribution < -0.4 is 40.2 Å². The molecular weight excluding hydrogens is 435 g/mol. The molecule has 2 aromatic rings. The summed E-state index contributed by atoms with van der Waals surface area (Å²) < 4.78 is 42.3. The Balaban J connectivity index is 0.00000280. The van der Waals surface area contributed by atoms with Crippen LogP contribution in [0.25, 0.3) is 11.2 Å². The van der Waals surface area contributed by atoms with Crippen LogP contribution in [-0.4, -0.2) is 60.2 Å². The summed E-state index contributed by atoms with van der Waals surface area (Å²) in [5, 5.41) is 20.3. The number of rotatable bonds is 6. The fourth-order valence-electron chi connectivity index (χ4n) is 2.35. The number of anilines is 1. The molecule has 28 heavy (non-hydrogen) atoms. The Labute approximate surface area is 178 Å². The van der Waals surface area contributed by atoms with E-state index in [0.29, 0.717) is 0 Å². The number of nitrogens with two attached hydrogens (primary N) is 1. The van der Waals surface area contributed by atoms with Gasteiger partial charge in [0.2, 0.25) is 0 Å². The summed E-state index contributed by atoms with van der Waals surface area (Å²) in [6.07, 6.45) is -4.28. The Morgan fingerprint density at radius 2 is 1.96 bits per heavy atom. The van der Waals surface area contributed by atoms with E-state index in [1.165, 1.54) is 10.9 Å². The van der Waals surface area contributed by atoms with Gasteiger partial charge in [0.15, 0.2) is 24.0 Å². The summed E-state index contributed by atoms with van der Waals surface area (Å²) in [6.45, 7) is 0. The van der Waals surface area contributed by atoms with Gasteiger partial charge >= 0.3 is 37.4 Å². The first-order valence-electron chi connectivity index (χ1n) is 7.08. The summed E-state index contributed by atoms with van der Waals surface area (Å²) >= 11 is 0. The van der Waals surface area contributed by atoms with Gasteiger partial charge in [-0.1, -0.05) is 0 Å². The van der Waals surface area contributed by atoms with Crippen LogP contribution in [0, 0.1) is 0 Å². The zero-order chi connectivity index (χ0) is 20.0. The molecule has 150 valence electrons. The average Bonchev–Trinajstić information content (AvgIpc) is 3.11. The number of aliphatic hydroxyl groups excluding tert-OH is 2. The zero-order valence-corrected chi connectivity index (χ0v) is 18.2. The maximum Gasteiger partial charge on any atom is 1.00 e. The number of ether oxygens (including phenoxy) is 1. The van der Waals surface area contributed by atoms with Crippen molar-refractivity contribution in [3.63, 3.8) is 0 Å². The fraction of sp³-hybridized carbons (Fsp3) is 0.500. The van der Waals surface area contributed by atoms with Gasteiger partial charge in [0.05, 0.1) is 6.33 Å². The number of phosphoric ester groups is 1. The van der Waals surface area contributed by atoms with Crippen molar-refractivity contribution in [3.8, 4) is 0 Å². The molecule has 0 bridgehead atoms. The van der Waals surface area contributed by atoms with Gasteiger partial charge in [0, 0.05) is 7.11 Å². The van der Waals surface area contributed by atoms with Gasteiger partial charge in [0.1, 0.15) is 24.1 Å². The summed E-state index contributed by atoms with van der Waals surface area (Å²) in [4.78, 5) is 31.1. The molecule has 5 N–H and O–H groups in total. The Bertz CT molecular complexity index is 938. The summed E-state index contributed by atoms with van der Waals surface area (Å²) in [5.41, 5.74) is 6.02. The van der Waals surface area contributed by atoms with Gasteiger partial charge < -0.3 is 30.5 Å². The van der Waals surface area contributed by atoms with Crippen molar-refractivity contribution in [1.29, 1.82) is 0 Å². The minimum atomic E-state index is -5.51. The summed E-state index contributed by atoms with van der Waals surface area (Å²) in [5.74, 6) is 0.0611. The number of nitrogen functional groups attached to an aromatic ring is 1. The van der Waals surface area contributed by atoms with Gasteiger partial charge in [-0.3, -0.25) is 18.2 Å². The van der Waals surface area contributed by atoms with Crippen LogP contribution >= 0.6 is 15.6 Å². The van der Waals surface area contributed by atoms with E-state index in [-0.39, 0.29) is 46.5 Å². The van der Waals surface area contributed by atoms with Crippen molar-refractivity contribution < 1.29 is 76.8 Å². The topological polar surface area (TPSA) is 224 Å². The SMILES string of the molecule is COP(=O)(O[C@H]1O[C@@H](n2cnc3c(N)ncnc32)[C@H](O)[C@@H]1O)OP(=O)([O-])O.[Na+]. The minimum absolute atomic E-state index is 0. The number of nitrogens with zero attached hydrogens (tertiary/aromatic N) is 4. The van der Waals surface area contributed by atoms with Crippen molar-refractivity contribution >= 4 is 32.6 Å². The minimum Gasteiger partial charge on any atom is -0.756 e. The predicted molar refractivity (Wildman–Crippen MR) is 82.3 cm³/mol. The first-order chi connectivity index (χ1) is 12.5. The Hall–Kier alpha value is -0.510. The second kappa shape index (κ2) is 8.70. The van der Waals surface area contributed by atoms with Crippen LogP contribution in [0.4, 0.5) is 5.82 Å². The Morgan fingerprint density at radius 3 is 2.57 bits per heavy atom. The molecule has 15 nitrogen and oxygen atoms in total. The molecule has 1 saturated heterocycles. The largest absolute Gasteiger partial charge is 1.00 e. The van der Waals surface area contributed by atoms with Crippen molar-refractivity contribution in [2.24, 2.45) is 0 Å². The average molecular weight is 449 g/mol. The number of phosphoric acid groups is 2. The van der Waals surface area contributed by atoms with Gasteiger partial charge in [-0.25, -0.2) is 23.8 Å².